The average Bonchev–Trinajstić information content (AvgIpc) is 2.29. The minimum atomic E-state index is 0.593. The van der Waals surface area contributed by atoms with E-state index >= 15 is 0 Å². The number of nitrogens with zero attached hydrogens (tertiary/aromatic N) is 1. The summed E-state index contributed by atoms with van der Waals surface area (Å²) in [5.74, 6) is 1.62. The molecule has 0 N–H and O–H groups in total. The van der Waals surface area contributed by atoms with E-state index in [1.165, 1.54) is 45.2 Å². The van der Waals surface area contributed by atoms with Crippen LogP contribution in [0.2, 0.25) is 0 Å². The Morgan fingerprint density at radius 3 is 1.83 bits per heavy atom. The van der Waals surface area contributed by atoms with E-state index in [9.17, 15) is 0 Å². The lowest BCUT2D eigenvalue weighted by molar-refractivity contribution is 0.165. The predicted octanol–water partition coefficient (Wildman–Crippen LogP) is 5.21. The molecule has 0 saturated carbocycles. The summed E-state index contributed by atoms with van der Waals surface area (Å²) in [6.07, 6.45) is 6.84. The molecule has 1 heteroatoms. The van der Waals surface area contributed by atoms with Gasteiger partial charge >= 0.3 is 0 Å². The lowest BCUT2D eigenvalue weighted by Gasteiger charge is -2.34. The molecule has 0 aromatic heterocycles. The molecule has 0 saturated heterocycles. The average molecular weight is 255 g/mol. The molecular weight excluding hydrogens is 218 g/mol. The van der Waals surface area contributed by atoms with Crippen LogP contribution in [0.15, 0.2) is 0 Å². The van der Waals surface area contributed by atoms with Crippen LogP contribution in [0.1, 0.15) is 73.6 Å². The predicted molar refractivity (Wildman–Crippen MR) is 84.0 cm³/mol. The fourth-order valence-electron chi connectivity index (χ4n) is 2.82. The Labute approximate surface area is 116 Å². The van der Waals surface area contributed by atoms with Crippen molar-refractivity contribution in [2.75, 3.05) is 20.1 Å². The summed E-state index contributed by atoms with van der Waals surface area (Å²) in [5.41, 5.74) is 0.593. The van der Waals surface area contributed by atoms with Crippen LogP contribution < -0.4 is 0 Å². The van der Waals surface area contributed by atoms with Crippen molar-refractivity contribution in [2.24, 2.45) is 17.3 Å². The largest absolute Gasteiger partial charge is 0.306 e. The minimum absolute atomic E-state index is 0.593. The van der Waals surface area contributed by atoms with Crippen LogP contribution in [0.25, 0.3) is 0 Å². The molecule has 18 heavy (non-hydrogen) atoms. The van der Waals surface area contributed by atoms with E-state index in [-0.39, 0.29) is 0 Å². The highest BCUT2D eigenvalue weighted by molar-refractivity contribution is 4.78. The summed E-state index contributed by atoms with van der Waals surface area (Å²) in [6, 6.07) is 0. The van der Waals surface area contributed by atoms with E-state index in [1.54, 1.807) is 0 Å². The highest BCUT2D eigenvalue weighted by Crippen LogP contribution is 2.37. The van der Waals surface area contributed by atoms with Crippen LogP contribution >= 0.6 is 0 Å². The Bertz CT molecular complexity index is 192. The van der Waals surface area contributed by atoms with Gasteiger partial charge < -0.3 is 4.90 Å². The summed E-state index contributed by atoms with van der Waals surface area (Å²) in [4.78, 5) is 2.51. The van der Waals surface area contributed by atoms with Gasteiger partial charge in [0, 0.05) is 6.54 Å². The molecule has 0 spiro atoms. The lowest BCUT2D eigenvalue weighted by Crippen LogP contribution is -2.30. The zero-order chi connectivity index (χ0) is 14.2. The molecule has 0 atom stereocenters. The molecule has 0 radical (unpaired) electrons. The SMILES string of the molecule is CCC(CC)(CCC(C)C)CCN(C)CC(C)C. The van der Waals surface area contributed by atoms with E-state index in [4.69, 9.17) is 0 Å². The molecule has 0 heterocycles. The molecule has 0 fully saturated rings. The Kier molecular flexibility index (Phi) is 8.94. The van der Waals surface area contributed by atoms with Gasteiger partial charge in [-0.1, -0.05) is 60.8 Å². The molecule has 0 rings (SSSR count). The Morgan fingerprint density at radius 2 is 1.44 bits per heavy atom. The van der Waals surface area contributed by atoms with Crippen LogP contribution in [0, 0.1) is 17.3 Å². The van der Waals surface area contributed by atoms with E-state index < -0.39 is 0 Å². The van der Waals surface area contributed by atoms with Gasteiger partial charge in [-0.15, -0.1) is 0 Å². The van der Waals surface area contributed by atoms with Crippen molar-refractivity contribution in [1.29, 1.82) is 0 Å². The maximum atomic E-state index is 2.51. The topological polar surface area (TPSA) is 3.24 Å². The van der Waals surface area contributed by atoms with Crippen molar-refractivity contribution in [3.63, 3.8) is 0 Å². The summed E-state index contributed by atoms with van der Waals surface area (Å²) in [6.45, 7) is 16.6. The van der Waals surface area contributed by atoms with Crippen molar-refractivity contribution < 1.29 is 0 Å². The summed E-state index contributed by atoms with van der Waals surface area (Å²) < 4.78 is 0. The Hall–Kier alpha value is -0.0400. The van der Waals surface area contributed by atoms with Crippen LogP contribution in [-0.4, -0.2) is 25.0 Å². The van der Waals surface area contributed by atoms with E-state index in [0.29, 0.717) is 5.41 Å². The monoisotopic (exact) mass is 255 g/mol. The second-order valence-corrected chi connectivity index (χ2v) is 7.05. The van der Waals surface area contributed by atoms with Crippen LogP contribution in [0.4, 0.5) is 0 Å². The van der Waals surface area contributed by atoms with Crippen molar-refractivity contribution in [3.8, 4) is 0 Å². The van der Waals surface area contributed by atoms with Gasteiger partial charge in [-0.2, -0.15) is 0 Å². The molecule has 0 aliphatic carbocycles. The maximum Gasteiger partial charge on any atom is 0.000134 e. The van der Waals surface area contributed by atoms with E-state index in [2.05, 4.69) is 53.5 Å². The smallest absolute Gasteiger partial charge is 0.000134 e. The molecule has 0 amide bonds. The van der Waals surface area contributed by atoms with Gasteiger partial charge in [0.2, 0.25) is 0 Å². The van der Waals surface area contributed by atoms with Crippen molar-refractivity contribution in [2.45, 2.75) is 73.6 Å². The maximum absolute atomic E-state index is 2.51. The molecule has 0 unspecified atom stereocenters. The molecule has 0 bridgehead atoms. The summed E-state index contributed by atoms with van der Waals surface area (Å²) in [5, 5.41) is 0. The Morgan fingerprint density at radius 1 is 0.889 bits per heavy atom. The van der Waals surface area contributed by atoms with E-state index in [1.807, 2.05) is 0 Å². The standard InChI is InChI=1S/C17H37N/c1-8-17(9-2,11-10-15(3)4)12-13-18(7)14-16(5)6/h15-16H,8-14H2,1-7H3. The van der Waals surface area contributed by atoms with Gasteiger partial charge in [0.25, 0.3) is 0 Å². The lowest BCUT2D eigenvalue weighted by atomic mass is 9.74. The van der Waals surface area contributed by atoms with Crippen molar-refractivity contribution in [3.05, 3.63) is 0 Å². The first-order valence-corrected chi connectivity index (χ1v) is 8.03. The third kappa shape index (κ3) is 7.41. The molecule has 0 aliphatic heterocycles. The van der Waals surface area contributed by atoms with Crippen LogP contribution in [0.3, 0.4) is 0 Å². The van der Waals surface area contributed by atoms with E-state index in [0.717, 1.165) is 11.8 Å². The Balaban J connectivity index is 4.24. The zero-order valence-electron chi connectivity index (χ0n) is 14.1. The molecule has 0 aromatic carbocycles. The first-order valence-electron chi connectivity index (χ1n) is 8.03. The van der Waals surface area contributed by atoms with Gasteiger partial charge in [0.15, 0.2) is 0 Å². The van der Waals surface area contributed by atoms with Gasteiger partial charge in [-0.25, -0.2) is 0 Å². The third-order valence-electron chi connectivity index (χ3n) is 4.45. The molecular formula is C17H37N. The van der Waals surface area contributed by atoms with Gasteiger partial charge in [-0.05, 0) is 43.7 Å². The van der Waals surface area contributed by atoms with Crippen LogP contribution in [0.5, 0.6) is 0 Å². The first-order chi connectivity index (χ1) is 8.35. The summed E-state index contributed by atoms with van der Waals surface area (Å²) >= 11 is 0. The summed E-state index contributed by atoms with van der Waals surface area (Å²) in [7, 11) is 2.28. The van der Waals surface area contributed by atoms with Crippen LogP contribution in [-0.2, 0) is 0 Å². The highest BCUT2D eigenvalue weighted by Gasteiger charge is 2.26. The van der Waals surface area contributed by atoms with Gasteiger partial charge in [-0.3, -0.25) is 0 Å². The molecule has 110 valence electrons. The fraction of sp³-hybridized carbons (Fsp3) is 1.00. The molecule has 0 aromatic rings. The third-order valence-corrected chi connectivity index (χ3v) is 4.45. The minimum Gasteiger partial charge on any atom is -0.306 e. The normalized spacial score (nSPS) is 13.0. The quantitative estimate of drug-likeness (QED) is 0.518. The second-order valence-electron chi connectivity index (χ2n) is 7.05. The van der Waals surface area contributed by atoms with Crippen molar-refractivity contribution in [1.82, 2.24) is 4.90 Å². The molecule has 0 aliphatic rings. The zero-order valence-corrected chi connectivity index (χ0v) is 14.1. The van der Waals surface area contributed by atoms with Crippen molar-refractivity contribution >= 4 is 0 Å². The van der Waals surface area contributed by atoms with Gasteiger partial charge in [0.05, 0.1) is 0 Å². The molecule has 1 nitrogen and oxygen atoms in total. The number of rotatable bonds is 10. The first kappa shape index (κ1) is 18.0. The number of hydrogen-bond acceptors (Lipinski definition) is 1. The number of hydrogen-bond donors (Lipinski definition) is 0. The highest BCUT2D eigenvalue weighted by atomic mass is 15.1. The second kappa shape index (κ2) is 8.96. The van der Waals surface area contributed by atoms with Gasteiger partial charge in [0.1, 0.15) is 0 Å². The fourth-order valence-corrected chi connectivity index (χ4v) is 2.82.